The van der Waals surface area contributed by atoms with E-state index < -0.39 is 0 Å². The molecule has 4 nitrogen and oxygen atoms in total. The maximum absolute atomic E-state index is 11.4. The summed E-state index contributed by atoms with van der Waals surface area (Å²) in [4.78, 5) is 13.7. The molecule has 1 heterocycles. The highest BCUT2D eigenvalue weighted by molar-refractivity contribution is 9.10. The molecule has 1 saturated heterocycles. The number of nitrogen functional groups attached to an aromatic ring is 1. The van der Waals surface area contributed by atoms with Crippen LogP contribution >= 0.6 is 15.9 Å². The van der Waals surface area contributed by atoms with Gasteiger partial charge in [-0.2, -0.15) is 0 Å². The van der Waals surface area contributed by atoms with Gasteiger partial charge >= 0.3 is 0 Å². The average molecular weight is 312 g/mol. The first-order valence-corrected chi connectivity index (χ1v) is 6.76. The van der Waals surface area contributed by atoms with Gasteiger partial charge in [0.25, 0.3) is 0 Å². The minimum atomic E-state index is -0.389. The maximum atomic E-state index is 11.4. The number of carbonyl (C=O) groups is 1. The third-order valence-electron chi connectivity index (χ3n) is 3.62. The molecular weight excluding hydrogens is 294 g/mol. The molecule has 2 rings (SSSR count). The van der Waals surface area contributed by atoms with Crippen molar-refractivity contribution in [3.63, 3.8) is 0 Å². The van der Waals surface area contributed by atoms with Gasteiger partial charge in [0.2, 0.25) is 5.91 Å². The van der Waals surface area contributed by atoms with Gasteiger partial charge in [0.05, 0.1) is 5.41 Å². The van der Waals surface area contributed by atoms with Crippen LogP contribution in [0, 0.1) is 5.41 Å². The molecule has 0 spiro atoms. The van der Waals surface area contributed by atoms with Crippen molar-refractivity contribution in [2.45, 2.75) is 19.9 Å². The number of hydrogen-bond donors (Lipinski definition) is 2. The lowest BCUT2D eigenvalue weighted by Crippen LogP contribution is -2.36. The van der Waals surface area contributed by atoms with E-state index in [1.165, 1.54) is 5.56 Å². The first kappa shape index (κ1) is 13.4. The number of primary amides is 1. The highest BCUT2D eigenvalue weighted by atomic mass is 79.9. The molecule has 1 atom stereocenters. The largest absolute Gasteiger partial charge is 0.399 e. The van der Waals surface area contributed by atoms with Crippen molar-refractivity contribution >= 4 is 27.5 Å². The zero-order chi connectivity index (χ0) is 13.3. The zero-order valence-corrected chi connectivity index (χ0v) is 12.0. The van der Waals surface area contributed by atoms with Crippen LogP contribution < -0.4 is 11.5 Å². The van der Waals surface area contributed by atoms with Crippen LogP contribution in [0.4, 0.5) is 5.69 Å². The van der Waals surface area contributed by atoms with Crippen LogP contribution in [0.15, 0.2) is 22.7 Å². The number of anilines is 1. The molecule has 1 amide bonds. The molecule has 5 heteroatoms. The second kappa shape index (κ2) is 4.90. The summed E-state index contributed by atoms with van der Waals surface area (Å²) in [5.74, 6) is -0.207. The van der Waals surface area contributed by atoms with Crippen LogP contribution in [0.3, 0.4) is 0 Å². The number of benzene rings is 1. The number of nitrogens with zero attached hydrogens (tertiary/aromatic N) is 1. The van der Waals surface area contributed by atoms with Crippen LogP contribution in [0.2, 0.25) is 0 Å². The molecule has 0 aromatic heterocycles. The van der Waals surface area contributed by atoms with Gasteiger partial charge in [-0.15, -0.1) is 0 Å². The van der Waals surface area contributed by atoms with Crippen molar-refractivity contribution in [2.75, 3.05) is 18.8 Å². The Labute approximate surface area is 115 Å². The number of rotatable bonds is 3. The Bertz CT molecular complexity index is 477. The lowest BCUT2D eigenvalue weighted by molar-refractivity contribution is -0.126. The van der Waals surface area contributed by atoms with Gasteiger partial charge in [0.15, 0.2) is 0 Å². The summed E-state index contributed by atoms with van der Waals surface area (Å²) in [6.45, 7) is 4.37. The molecule has 4 N–H and O–H groups in total. The summed E-state index contributed by atoms with van der Waals surface area (Å²) >= 11 is 3.51. The molecule has 0 bridgehead atoms. The fraction of sp³-hybridized carbons (Fsp3) is 0.462. The van der Waals surface area contributed by atoms with E-state index in [9.17, 15) is 4.79 Å². The van der Waals surface area contributed by atoms with E-state index in [0.717, 1.165) is 36.2 Å². The minimum Gasteiger partial charge on any atom is -0.399 e. The Morgan fingerprint density at radius 2 is 2.28 bits per heavy atom. The molecule has 1 aromatic rings. The summed E-state index contributed by atoms with van der Waals surface area (Å²) in [5, 5.41) is 0. The van der Waals surface area contributed by atoms with Crippen molar-refractivity contribution < 1.29 is 4.79 Å². The summed E-state index contributed by atoms with van der Waals surface area (Å²) in [6, 6.07) is 5.81. The molecule has 1 aliphatic heterocycles. The third kappa shape index (κ3) is 2.67. The van der Waals surface area contributed by atoms with Crippen molar-refractivity contribution in [2.24, 2.45) is 11.1 Å². The molecule has 1 aliphatic rings. The number of likely N-dealkylation sites (tertiary alicyclic amines) is 1. The van der Waals surface area contributed by atoms with E-state index in [2.05, 4.69) is 20.8 Å². The lowest BCUT2D eigenvalue weighted by atomic mass is 9.89. The SMILES string of the molecule is CC1(C(N)=O)CCN(Cc2ccc(N)cc2Br)C1. The van der Waals surface area contributed by atoms with E-state index in [1.807, 2.05) is 25.1 Å². The monoisotopic (exact) mass is 311 g/mol. The predicted molar refractivity (Wildman–Crippen MR) is 75.7 cm³/mol. The maximum Gasteiger partial charge on any atom is 0.224 e. The summed E-state index contributed by atoms with van der Waals surface area (Å²) in [7, 11) is 0. The number of hydrogen-bond acceptors (Lipinski definition) is 3. The average Bonchev–Trinajstić information content (AvgIpc) is 2.66. The van der Waals surface area contributed by atoms with E-state index >= 15 is 0 Å². The van der Waals surface area contributed by atoms with E-state index in [-0.39, 0.29) is 11.3 Å². The number of nitrogens with two attached hydrogens (primary N) is 2. The Kier molecular flexibility index (Phi) is 3.64. The Balaban J connectivity index is 2.06. The number of amides is 1. The Morgan fingerprint density at radius 3 is 2.83 bits per heavy atom. The quantitative estimate of drug-likeness (QED) is 0.835. The van der Waals surface area contributed by atoms with Gasteiger partial charge in [-0.05, 0) is 37.6 Å². The van der Waals surface area contributed by atoms with Gasteiger partial charge in [0, 0.05) is 23.2 Å². The second-order valence-electron chi connectivity index (χ2n) is 5.24. The van der Waals surface area contributed by atoms with E-state index in [4.69, 9.17) is 11.5 Å². The Hall–Kier alpha value is -1.07. The highest BCUT2D eigenvalue weighted by Gasteiger charge is 2.38. The number of halogens is 1. The molecule has 1 fully saturated rings. The number of carbonyl (C=O) groups excluding carboxylic acids is 1. The van der Waals surface area contributed by atoms with Gasteiger partial charge in [-0.25, -0.2) is 0 Å². The zero-order valence-electron chi connectivity index (χ0n) is 10.4. The van der Waals surface area contributed by atoms with Crippen molar-refractivity contribution in [3.8, 4) is 0 Å². The third-order valence-corrected chi connectivity index (χ3v) is 4.36. The molecule has 1 aromatic carbocycles. The molecule has 1 unspecified atom stereocenters. The highest BCUT2D eigenvalue weighted by Crippen LogP contribution is 2.31. The predicted octanol–water partition coefficient (Wildman–Crippen LogP) is 1.73. The normalized spacial score (nSPS) is 24.3. The van der Waals surface area contributed by atoms with Crippen LogP contribution in [-0.2, 0) is 11.3 Å². The Morgan fingerprint density at radius 1 is 1.56 bits per heavy atom. The standard InChI is InChI=1S/C13H18BrN3O/c1-13(12(16)18)4-5-17(8-13)7-9-2-3-10(15)6-11(9)14/h2-3,6H,4-5,7-8,15H2,1H3,(H2,16,18). The first-order valence-electron chi connectivity index (χ1n) is 5.97. The molecule has 18 heavy (non-hydrogen) atoms. The molecular formula is C13H18BrN3O. The molecule has 0 radical (unpaired) electrons. The summed E-state index contributed by atoms with van der Waals surface area (Å²) in [5.41, 5.74) is 12.7. The first-order chi connectivity index (χ1) is 8.40. The lowest BCUT2D eigenvalue weighted by Gasteiger charge is -2.21. The van der Waals surface area contributed by atoms with E-state index in [0.29, 0.717) is 0 Å². The van der Waals surface area contributed by atoms with Gasteiger partial charge < -0.3 is 11.5 Å². The topological polar surface area (TPSA) is 72.4 Å². The molecule has 98 valence electrons. The molecule has 0 aliphatic carbocycles. The minimum absolute atomic E-state index is 0.207. The van der Waals surface area contributed by atoms with Crippen molar-refractivity contribution in [1.29, 1.82) is 0 Å². The van der Waals surface area contributed by atoms with Crippen LogP contribution in [0.25, 0.3) is 0 Å². The summed E-state index contributed by atoms with van der Waals surface area (Å²) < 4.78 is 1.01. The van der Waals surface area contributed by atoms with Gasteiger partial charge in [-0.1, -0.05) is 22.0 Å². The van der Waals surface area contributed by atoms with Gasteiger partial charge in [0.1, 0.15) is 0 Å². The van der Waals surface area contributed by atoms with Gasteiger partial charge in [-0.3, -0.25) is 9.69 Å². The van der Waals surface area contributed by atoms with Crippen molar-refractivity contribution in [1.82, 2.24) is 4.90 Å². The fourth-order valence-electron chi connectivity index (χ4n) is 2.33. The smallest absolute Gasteiger partial charge is 0.224 e. The van der Waals surface area contributed by atoms with Crippen molar-refractivity contribution in [3.05, 3.63) is 28.2 Å². The molecule has 0 saturated carbocycles. The second-order valence-corrected chi connectivity index (χ2v) is 6.09. The summed E-state index contributed by atoms with van der Waals surface area (Å²) in [6.07, 6.45) is 0.828. The van der Waals surface area contributed by atoms with Crippen LogP contribution in [0.1, 0.15) is 18.9 Å². The van der Waals surface area contributed by atoms with E-state index in [1.54, 1.807) is 0 Å². The fourth-order valence-corrected chi connectivity index (χ4v) is 2.85. The van der Waals surface area contributed by atoms with Crippen LogP contribution in [-0.4, -0.2) is 23.9 Å². The van der Waals surface area contributed by atoms with Crippen LogP contribution in [0.5, 0.6) is 0 Å².